The lowest BCUT2D eigenvalue weighted by Gasteiger charge is -2.31. The van der Waals surface area contributed by atoms with Gasteiger partial charge in [-0.05, 0) is 30.3 Å². The minimum atomic E-state index is -3.23. The minimum absolute atomic E-state index is 0.00399. The lowest BCUT2D eigenvalue weighted by Crippen LogP contribution is -2.42. The van der Waals surface area contributed by atoms with E-state index >= 15 is 0 Å². The van der Waals surface area contributed by atoms with Gasteiger partial charge in [-0.25, -0.2) is 22.2 Å². The zero-order chi connectivity index (χ0) is 24.1. The average molecular weight is 489 g/mol. The fraction of sp³-hybridized carbons (Fsp3) is 0.348. The van der Waals surface area contributed by atoms with Crippen LogP contribution in [0.1, 0.15) is 33.6 Å². The molecule has 0 spiro atoms. The first-order chi connectivity index (χ1) is 16.1. The smallest absolute Gasteiger partial charge is 0.255 e. The molecule has 2 aliphatic rings. The molecule has 0 saturated carbocycles. The summed E-state index contributed by atoms with van der Waals surface area (Å²) >= 11 is 0. The van der Waals surface area contributed by atoms with Crippen molar-refractivity contribution in [2.45, 2.75) is 18.8 Å². The number of amides is 2. The first kappa shape index (κ1) is 22.5. The van der Waals surface area contributed by atoms with Gasteiger partial charge >= 0.3 is 0 Å². The first-order valence-corrected chi connectivity index (χ1v) is 12.7. The number of nitrogens with zero attached hydrogens (tertiary/aromatic N) is 4. The number of sulfone groups is 1. The monoisotopic (exact) mass is 488 g/mol. The topological polar surface area (TPSA) is 92.6 Å². The Morgan fingerprint density at radius 1 is 0.941 bits per heavy atom. The number of hydrogen-bond acceptors (Lipinski definition) is 5. The SMILES string of the molecule is O=C(c1cnc2c(ccn2-c2cccc(C(=O)N3CCS(=O)(=O)C3)c2)c1)N1CCC(F)(F)CC1. The van der Waals surface area contributed by atoms with E-state index in [-0.39, 0.29) is 55.9 Å². The van der Waals surface area contributed by atoms with Crippen molar-refractivity contribution >= 4 is 32.7 Å². The Morgan fingerprint density at radius 2 is 1.68 bits per heavy atom. The van der Waals surface area contributed by atoms with Gasteiger partial charge < -0.3 is 14.4 Å². The molecule has 34 heavy (non-hydrogen) atoms. The van der Waals surface area contributed by atoms with Crippen molar-refractivity contribution in [3.05, 3.63) is 59.9 Å². The molecule has 2 amide bonds. The second-order valence-electron chi connectivity index (χ2n) is 8.67. The van der Waals surface area contributed by atoms with E-state index in [0.717, 1.165) is 0 Å². The second-order valence-corrected chi connectivity index (χ2v) is 10.8. The van der Waals surface area contributed by atoms with Gasteiger partial charge in [0.1, 0.15) is 11.5 Å². The van der Waals surface area contributed by atoms with Crippen LogP contribution in [0.4, 0.5) is 8.78 Å². The van der Waals surface area contributed by atoms with Crippen LogP contribution in [0.15, 0.2) is 48.8 Å². The van der Waals surface area contributed by atoms with Gasteiger partial charge in [-0.3, -0.25) is 9.59 Å². The maximum absolute atomic E-state index is 13.4. The molecule has 8 nitrogen and oxygen atoms in total. The average Bonchev–Trinajstić information content (AvgIpc) is 3.40. The van der Waals surface area contributed by atoms with Crippen molar-refractivity contribution < 1.29 is 26.8 Å². The molecular weight excluding hydrogens is 466 g/mol. The number of carbonyl (C=O) groups is 2. The molecule has 178 valence electrons. The van der Waals surface area contributed by atoms with Crippen LogP contribution >= 0.6 is 0 Å². The summed E-state index contributed by atoms with van der Waals surface area (Å²) in [5.74, 6) is -3.73. The lowest BCUT2D eigenvalue weighted by molar-refractivity contribution is -0.0494. The van der Waals surface area contributed by atoms with Crippen LogP contribution in [0.3, 0.4) is 0 Å². The van der Waals surface area contributed by atoms with Gasteiger partial charge in [0.15, 0.2) is 9.84 Å². The number of alkyl halides is 2. The minimum Gasteiger partial charge on any atom is -0.338 e. The van der Waals surface area contributed by atoms with Gasteiger partial charge in [0.25, 0.3) is 17.7 Å². The Balaban J connectivity index is 1.39. The summed E-state index contributed by atoms with van der Waals surface area (Å²) in [5.41, 5.74) is 1.92. The molecule has 0 unspecified atom stereocenters. The molecule has 0 radical (unpaired) electrons. The number of carbonyl (C=O) groups excluding carboxylic acids is 2. The molecule has 2 aromatic heterocycles. The number of halogens is 2. The van der Waals surface area contributed by atoms with E-state index in [1.807, 2.05) is 0 Å². The highest BCUT2D eigenvalue weighted by Gasteiger charge is 2.36. The molecule has 1 aromatic carbocycles. The number of rotatable bonds is 3. The highest BCUT2D eigenvalue weighted by atomic mass is 32.2. The van der Waals surface area contributed by atoms with Gasteiger partial charge in [-0.1, -0.05) is 6.07 Å². The summed E-state index contributed by atoms with van der Waals surface area (Å²) in [7, 11) is -3.23. The third-order valence-electron chi connectivity index (χ3n) is 6.24. The van der Waals surface area contributed by atoms with Crippen molar-refractivity contribution in [1.29, 1.82) is 0 Å². The summed E-state index contributed by atoms with van der Waals surface area (Å²) in [6.45, 7) is 0.179. The largest absolute Gasteiger partial charge is 0.338 e. The van der Waals surface area contributed by atoms with E-state index in [4.69, 9.17) is 0 Å². The molecular formula is C23H22F2N4O4S. The van der Waals surface area contributed by atoms with Crippen molar-refractivity contribution in [2.75, 3.05) is 31.3 Å². The maximum atomic E-state index is 13.4. The van der Waals surface area contributed by atoms with Crippen LogP contribution in [0.5, 0.6) is 0 Å². The Morgan fingerprint density at radius 3 is 2.38 bits per heavy atom. The Kier molecular flexibility index (Phi) is 5.38. The maximum Gasteiger partial charge on any atom is 0.255 e. The summed E-state index contributed by atoms with van der Waals surface area (Å²) in [5, 5.41) is 0.690. The molecule has 5 rings (SSSR count). The third-order valence-corrected chi connectivity index (χ3v) is 7.75. The molecule has 2 fully saturated rings. The summed E-state index contributed by atoms with van der Waals surface area (Å²) in [4.78, 5) is 32.7. The number of likely N-dealkylation sites (tertiary alicyclic amines) is 1. The normalized spacial score (nSPS) is 19.5. The van der Waals surface area contributed by atoms with Gasteiger partial charge in [0, 0.05) is 61.5 Å². The molecule has 11 heteroatoms. The molecule has 0 bridgehead atoms. The fourth-order valence-corrected chi connectivity index (χ4v) is 5.67. The standard InChI is InChI=1S/C23H22F2N4O4S/c24-23(25)5-8-27(9-6-23)22(31)18-12-16-4-7-29(20(16)26-14-18)19-3-1-2-17(13-19)21(30)28-10-11-34(32,33)15-28/h1-4,7,12-14H,5-6,8-11,15H2. The molecule has 2 saturated heterocycles. The summed E-state index contributed by atoms with van der Waals surface area (Å²) in [6, 6.07) is 10.3. The van der Waals surface area contributed by atoms with Gasteiger partial charge in [0.2, 0.25) is 0 Å². The quantitative estimate of drug-likeness (QED) is 0.565. The highest BCUT2D eigenvalue weighted by molar-refractivity contribution is 7.91. The zero-order valence-electron chi connectivity index (χ0n) is 18.2. The van der Waals surface area contributed by atoms with E-state index in [0.29, 0.717) is 27.8 Å². The van der Waals surface area contributed by atoms with Crippen molar-refractivity contribution in [2.24, 2.45) is 0 Å². The predicted octanol–water partition coefficient (Wildman–Crippen LogP) is 2.72. The van der Waals surface area contributed by atoms with Crippen LogP contribution in [0.25, 0.3) is 16.7 Å². The van der Waals surface area contributed by atoms with E-state index in [2.05, 4.69) is 4.98 Å². The highest BCUT2D eigenvalue weighted by Crippen LogP contribution is 2.29. The molecule has 0 aliphatic carbocycles. The predicted molar refractivity (Wildman–Crippen MR) is 121 cm³/mol. The lowest BCUT2D eigenvalue weighted by atomic mass is 10.1. The van der Waals surface area contributed by atoms with Gasteiger partial charge in [-0.15, -0.1) is 0 Å². The number of pyridine rings is 1. The van der Waals surface area contributed by atoms with E-state index in [1.54, 1.807) is 47.2 Å². The third kappa shape index (κ3) is 4.27. The molecule has 0 atom stereocenters. The van der Waals surface area contributed by atoms with Crippen molar-refractivity contribution in [3.63, 3.8) is 0 Å². The summed E-state index contributed by atoms with van der Waals surface area (Å²) in [6.07, 6.45) is 2.50. The molecule has 2 aliphatic heterocycles. The van der Waals surface area contributed by atoms with Crippen LogP contribution in [-0.2, 0) is 9.84 Å². The van der Waals surface area contributed by atoms with Crippen LogP contribution < -0.4 is 0 Å². The fourth-order valence-electron chi connectivity index (χ4n) is 4.32. The molecule has 3 aromatic rings. The van der Waals surface area contributed by atoms with E-state index in [9.17, 15) is 26.8 Å². The van der Waals surface area contributed by atoms with E-state index < -0.39 is 15.8 Å². The number of benzene rings is 1. The van der Waals surface area contributed by atoms with Crippen molar-refractivity contribution in [1.82, 2.24) is 19.4 Å². The number of hydrogen-bond donors (Lipinski definition) is 0. The second kappa shape index (κ2) is 8.15. The van der Waals surface area contributed by atoms with Gasteiger partial charge in [0.05, 0.1) is 11.3 Å². The Hall–Kier alpha value is -3.34. The molecule has 4 heterocycles. The number of piperidine rings is 1. The van der Waals surface area contributed by atoms with E-state index in [1.165, 1.54) is 16.0 Å². The van der Waals surface area contributed by atoms with Gasteiger partial charge in [-0.2, -0.15) is 0 Å². The molecule has 0 N–H and O–H groups in total. The first-order valence-electron chi connectivity index (χ1n) is 10.9. The number of fused-ring (bicyclic) bond motifs is 1. The van der Waals surface area contributed by atoms with Crippen LogP contribution in [0, 0.1) is 0 Å². The van der Waals surface area contributed by atoms with Crippen LogP contribution in [-0.4, -0.2) is 76.8 Å². The number of aromatic nitrogens is 2. The zero-order valence-corrected chi connectivity index (χ0v) is 19.0. The Bertz CT molecular complexity index is 1390. The summed E-state index contributed by atoms with van der Waals surface area (Å²) < 4.78 is 52.0. The van der Waals surface area contributed by atoms with Crippen molar-refractivity contribution in [3.8, 4) is 5.69 Å². The Labute approximate surface area is 194 Å². The van der Waals surface area contributed by atoms with Crippen LogP contribution in [0.2, 0.25) is 0 Å².